The first-order valence-corrected chi connectivity index (χ1v) is 4.89. The van der Waals surface area contributed by atoms with Crippen LogP contribution in [0.4, 0.5) is 14.5 Å². The highest BCUT2D eigenvalue weighted by Gasteiger charge is 2.06. The topological polar surface area (TPSA) is 26.0 Å². The number of hydrogen-bond donors (Lipinski definition) is 1. The van der Waals surface area contributed by atoms with E-state index in [1.54, 1.807) is 25.1 Å². The van der Waals surface area contributed by atoms with Crippen LogP contribution in [0, 0.1) is 18.6 Å². The van der Waals surface area contributed by atoms with Gasteiger partial charge in [0.1, 0.15) is 11.6 Å². The molecular weight excluding hydrogens is 208 g/mol. The van der Waals surface area contributed by atoms with Crippen molar-refractivity contribution in [3.05, 3.63) is 53.6 Å². The number of rotatable bonds is 1. The van der Waals surface area contributed by atoms with Crippen molar-refractivity contribution in [1.82, 2.24) is 0 Å². The fourth-order valence-electron chi connectivity index (χ4n) is 1.53. The minimum absolute atomic E-state index is 0.350. The van der Waals surface area contributed by atoms with E-state index < -0.39 is 0 Å². The second-order valence-electron chi connectivity index (χ2n) is 3.68. The van der Waals surface area contributed by atoms with Crippen molar-refractivity contribution >= 4 is 5.69 Å². The molecule has 0 saturated heterocycles. The van der Waals surface area contributed by atoms with Gasteiger partial charge in [-0.15, -0.1) is 0 Å². The molecule has 0 aliphatic heterocycles. The number of nitrogen functional groups attached to an aromatic ring is 1. The number of halogens is 2. The lowest BCUT2D eigenvalue weighted by Crippen LogP contribution is -1.94. The summed E-state index contributed by atoms with van der Waals surface area (Å²) in [6.45, 7) is 1.61. The second kappa shape index (κ2) is 3.93. The van der Waals surface area contributed by atoms with Crippen LogP contribution in [0.2, 0.25) is 0 Å². The Morgan fingerprint density at radius 3 is 2.38 bits per heavy atom. The maximum atomic E-state index is 13.5. The zero-order valence-corrected chi connectivity index (χ0v) is 8.80. The van der Waals surface area contributed by atoms with Gasteiger partial charge in [0.25, 0.3) is 0 Å². The molecule has 0 aliphatic carbocycles. The van der Waals surface area contributed by atoms with Crippen molar-refractivity contribution in [2.24, 2.45) is 0 Å². The van der Waals surface area contributed by atoms with E-state index in [0.717, 1.165) is 0 Å². The summed E-state index contributed by atoms with van der Waals surface area (Å²) in [5, 5.41) is 0. The van der Waals surface area contributed by atoms with Gasteiger partial charge in [-0.05, 0) is 42.3 Å². The molecule has 3 heteroatoms. The summed E-state index contributed by atoms with van der Waals surface area (Å²) in [6, 6.07) is 9.00. The van der Waals surface area contributed by atoms with Crippen molar-refractivity contribution < 1.29 is 8.78 Å². The minimum Gasteiger partial charge on any atom is -0.398 e. The molecule has 0 spiro atoms. The number of anilines is 1. The smallest absolute Gasteiger partial charge is 0.128 e. The molecule has 0 amide bonds. The van der Waals surface area contributed by atoms with Gasteiger partial charge in [0.2, 0.25) is 0 Å². The first-order chi connectivity index (χ1) is 7.58. The number of benzene rings is 2. The minimum atomic E-state index is -0.376. The number of nitrogens with two attached hydrogens (primary N) is 1. The van der Waals surface area contributed by atoms with Crippen molar-refractivity contribution in [3.8, 4) is 11.1 Å². The molecule has 0 saturated carbocycles. The molecule has 0 heterocycles. The maximum absolute atomic E-state index is 13.5. The fraction of sp³-hybridized carbons (Fsp3) is 0.0769. The molecule has 0 aromatic heterocycles. The van der Waals surface area contributed by atoms with Gasteiger partial charge in [-0.25, -0.2) is 8.78 Å². The number of hydrogen-bond acceptors (Lipinski definition) is 1. The summed E-state index contributed by atoms with van der Waals surface area (Å²) in [6.07, 6.45) is 0. The van der Waals surface area contributed by atoms with Gasteiger partial charge in [-0.2, -0.15) is 0 Å². The predicted octanol–water partition coefficient (Wildman–Crippen LogP) is 3.52. The van der Waals surface area contributed by atoms with Crippen molar-refractivity contribution in [2.75, 3.05) is 5.73 Å². The maximum Gasteiger partial charge on any atom is 0.128 e. The third kappa shape index (κ3) is 1.89. The van der Waals surface area contributed by atoms with Gasteiger partial charge >= 0.3 is 0 Å². The zero-order valence-electron chi connectivity index (χ0n) is 8.80. The van der Waals surface area contributed by atoms with E-state index in [0.29, 0.717) is 22.4 Å². The fourth-order valence-corrected chi connectivity index (χ4v) is 1.53. The molecule has 2 N–H and O–H groups in total. The molecule has 0 unspecified atom stereocenters. The average Bonchev–Trinajstić information content (AvgIpc) is 2.25. The monoisotopic (exact) mass is 219 g/mol. The van der Waals surface area contributed by atoms with Crippen LogP contribution in [0.15, 0.2) is 36.4 Å². The Bertz CT molecular complexity index is 512. The van der Waals surface area contributed by atoms with E-state index in [2.05, 4.69) is 0 Å². The SMILES string of the molecule is Cc1c(N)cc(-c2cccc(F)c2)cc1F. The Morgan fingerprint density at radius 2 is 1.75 bits per heavy atom. The zero-order chi connectivity index (χ0) is 11.7. The Hall–Kier alpha value is -1.90. The molecule has 2 aromatic rings. The van der Waals surface area contributed by atoms with E-state index >= 15 is 0 Å². The van der Waals surface area contributed by atoms with Crippen LogP contribution in [-0.4, -0.2) is 0 Å². The van der Waals surface area contributed by atoms with E-state index in [1.807, 2.05) is 0 Å². The molecular formula is C13H11F2N. The molecule has 1 nitrogen and oxygen atoms in total. The van der Waals surface area contributed by atoms with E-state index in [-0.39, 0.29) is 11.6 Å². The van der Waals surface area contributed by atoms with Gasteiger partial charge < -0.3 is 5.73 Å². The molecule has 0 fully saturated rings. The van der Waals surface area contributed by atoms with Crippen molar-refractivity contribution in [3.63, 3.8) is 0 Å². The van der Waals surface area contributed by atoms with Crippen molar-refractivity contribution in [2.45, 2.75) is 6.92 Å². The molecule has 0 bridgehead atoms. The van der Waals surface area contributed by atoms with E-state index in [9.17, 15) is 8.78 Å². The highest BCUT2D eigenvalue weighted by molar-refractivity contribution is 5.69. The quantitative estimate of drug-likeness (QED) is 0.729. The first kappa shape index (κ1) is 10.6. The van der Waals surface area contributed by atoms with Crippen LogP contribution in [0.1, 0.15) is 5.56 Å². The Balaban J connectivity index is 2.57. The highest BCUT2D eigenvalue weighted by Crippen LogP contribution is 2.26. The van der Waals surface area contributed by atoms with Gasteiger partial charge in [0, 0.05) is 11.3 Å². The third-order valence-corrected chi connectivity index (χ3v) is 2.54. The van der Waals surface area contributed by atoms with Gasteiger partial charge in [0.15, 0.2) is 0 Å². The van der Waals surface area contributed by atoms with Gasteiger partial charge in [-0.3, -0.25) is 0 Å². The molecule has 2 aromatic carbocycles. The van der Waals surface area contributed by atoms with Crippen LogP contribution in [-0.2, 0) is 0 Å². The largest absolute Gasteiger partial charge is 0.398 e. The molecule has 0 atom stereocenters. The second-order valence-corrected chi connectivity index (χ2v) is 3.68. The van der Waals surface area contributed by atoms with E-state index in [4.69, 9.17) is 5.73 Å². The van der Waals surface area contributed by atoms with Gasteiger partial charge in [0.05, 0.1) is 0 Å². The van der Waals surface area contributed by atoms with Crippen LogP contribution >= 0.6 is 0 Å². The molecule has 16 heavy (non-hydrogen) atoms. The van der Waals surface area contributed by atoms with Gasteiger partial charge in [-0.1, -0.05) is 12.1 Å². The Labute approximate surface area is 92.5 Å². The Morgan fingerprint density at radius 1 is 1.00 bits per heavy atom. The van der Waals surface area contributed by atoms with Crippen molar-refractivity contribution in [1.29, 1.82) is 0 Å². The lowest BCUT2D eigenvalue weighted by molar-refractivity contribution is 0.619. The molecule has 82 valence electrons. The normalized spacial score (nSPS) is 10.4. The summed E-state index contributed by atoms with van der Waals surface area (Å²) in [5.41, 5.74) is 7.65. The first-order valence-electron chi connectivity index (χ1n) is 4.89. The summed E-state index contributed by atoms with van der Waals surface area (Å²) >= 11 is 0. The molecule has 2 rings (SSSR count). The summed E-state index contributed by atoms with van der Waals surface area (Å²) in [5.74, 6) is -0.726. The average molecular weight is 219 g/mol. The highest BCUT2D eigenvalue weighted by atomic mass is 19.1. The van der Waals surface area contributed by atoms with Crippen LogP contribution in [0.25, 0.3) is 11.1 Å². The summed E-state index contributed by atoms with van der Waals surface area (Å²) < 4.78 is 26.5. The van der Waals surface area contributed by atoms with E-state index in [1.165, 1.54) is 18.2 Å². The lowest BCUT2D eigenvalue weighted by atomic mass is 10.0. The summed E-state index contributed by atoms with van der Waals surface area (Å²) in [7, 11) is 0. The van der Waals surface area contributed by atoms with Crippen LogP contribution in [0.5, 0.6) is 0 Å². The van der Waals surface area contributed by atoms with Crippen LogP contribution < -0.4 is 5.73 Å². The predicted molar refractivity (Wildman–Crippen MR) is 60.9 cm³/mol. The molecule has 0 radical (unpaired) electrons. The summed E-state index contributed by atoms with van der Waals surface area (Å²) in [4.78, 5) is 0. The third-order valence-electron chi connectivity index (χ3n) is 2.54. The van der Waals surface area contributed by atoms with Crippen LogP contribution in [0.3, 0.4) is 0 Å². The molecule has 0 aliphatic rings. The Kier molecular flexibility index (Phi) is 2.60. The lowest BCUT2D eigenvalue weighted by Gasteiger charge is -2.07. The standard InChI is InChI=1S/C13H11F2N/c1-8-12(15)6-10(7-13(8)16)9-3-2-4-11(14)5-9/h2-7H,16H2,1H3.